The summed E-state index contributed by atoms with van der Waals surface area (Å²) < 4.78 is 11.0. The minimum atomic E-state index is -1.36. The standard InChI is InChI=1S/C15H19NO5/c17-15(18)16(19)13-6-7-14(10-13)21-9-8-20-11-12-4-2-1-3-5-12/h1-7,13-14,19H,8-11H2,(H,17,18)/t13-,14+/m0/s1. The molecule has 1 amide bonds. The second-order valence-electron chi connectivity index (χ2n) is 4.76. The third kappa shape index (κ3) is 4.86. The summed E-state index contributed by atoms with van der Waals surface area (Å²) in [5.74, 6) is 0. The van der Waals surface area contributed by atoms with E-state index in [4.69, 9.17) is 14.6 Å². The largest absolute Gasteiger partial charge is 0.463 e. The van der Waals surface area contributed by atoms with Gasteiger partial charge in [-0.25, -0.2) is 4.79 Å². The van der Waals surface area contributed by atoms with Gasteiger partial charge in [-0.1, -0.05) is 42.5 Å². The summed E-state index contributed by atoms with van der Waals surface area (Å²) in [4.78, 5) is 10.6. The molecule has 2 rings (SSSR count). The molecule has 2 atom stereocenters. The van der Waals surface area contributed by atoms with Gasteiger partial charge in [0.1, 0.15) is 0 Å². The number of amides is 1. The Kier molecular flexibility index (Phi) is 5.74. The molecule has 6 heteroatoms. The Balaban J connectivity index is 1.58. The fraction of sp³-hybridized carbons (Fsp3) is 0.400. The molecule has 1 aliphatic rings. The van der Waals surface area contributed by atoms with E-state index in [2.05, 4.69) is 0 Å². The molecule has 1 aromatic rings. The van der Waals surface area contributed by atoms with E-state index in [1.807, 2.05) is 30.3 Å². The number of hydrogen-bond acceptors (Lipinski definition) is 4. The minimum absolute atomic E-state index is 0.190. The Bertz CT molecular complexity index is 476. The maximum atomic E-state index is 10.6. The van der Waals surface area contributed by atoms with Gasteiger partial charge in [0.25, 0.3) is 0 Å². The summed E-state index contributed by atoms with van der Waals surface area (Å²) >= 11 is 0. The van der Waals surface area contributed by atoms with E-state index in [0.717, 1.165) is 5.56 Å². The summed E-state index contributed by atoms with van der Waals surface area (Å²) in [7, 11) is 0. The number of carbonyl (C=O) groups is 1. The number of hydrogen-bond donors (Lipinski definition) is 2. The van der Waals surface area contributed by atoms with Crippen molar-refractivity contribution in [2.45, 2.75) is 25.2 Å². The summed E-state index contributed by atoms with van der Waals surface area (Å²) in [6.07, 6.45) is 2.25. The maximum Gasteiger partial charge on any atom is 0.431 e. The van der Waals surface area contributed by atoms with Gasteiger partial charge in [-0.3, -0.25) is 5.21 Å². The number of rotatable bonds is 7. The topological polar surface area (TPSA) is 79.2 Å². The molecule has 1 aliphatic carbocycles. The van der Waals surface area contributed by atoms with E-state index >= 15 is 0 Å². The van der Waals surface area contributed by atoms with Crippen molar-refractivity contribution in [1.82, 2.24) is 5.06 Å². The Labute approximate surface area is 123 Å². The quantitative estimate of drug-likeness (QED) is 0.349. The number of carboxylic acid groups (broad SMARTS) is 1. The summed E-state index contributed by atoms with van der Waals surface area (Å²) in [6.45, 7) is 1.43. The van der Waals surface area contributed by atoms with Gasteiger partial charge >= 0.3 is 6.09 Å². The van der Waals surface area contributed by atoms with E-state index in [9.17, 15) is 10.0 Å². The lowest BCUT2D eigenvalue weighted by Gasteiger charge is -2.18. The number of ether oxygens (including phenoxy) is 2. The fourth-order valence-electron chi connectivity index (χ4n) is 2.12. The van der Waals surface area contributed by atoms with Crippen LogP contribution in [0.1, 0.15) is 12.0 Å². The molecule has 1 aromatic carbocycles. The van der Waals surface area contributed by atoms with Crippen LogP contribution in [0.3, 0.4) is 0 Å². The monoisotopic (exact) mass is 293 g/mol. The normalized spacial score (nSPS) is 20.6. The van der Waals surface area contributed by atoms with Crippen molar-refractivity contribution in [2.75, 3.05) is 13.2 Å². The van der Waals surface area contributed by atoms with Crippen LogP contribution in [0.5, 0.6) is 0 Å². The number of nitrogens with zero attached hydrogens (tertiary/aromatic N) is 1. The van der Waals surface area contributed by atoms with Crippen LogP contribution in [0.15, 0.2) is 42.5 Å². The molecule has 114 valence electrons. The van der Waals surface area contributed by atoms with Crippen LogP contribution >= 0.6 is 0 Å². The predicted octanol–water partition coefficient (Wildman–Crippen LogP) is 2.29. The van der Waals surface area contributed by atoms with Gasteiger partial charge in [0.05, 0.1) is 32.0 Å². The second kappa shape index (κ2) is 7.78. The molecule has 21 heavy (non-hydrogen) atoms. The van der Waals surface area contributed by atoms with Crippen molar-refractivity contribution in [3.8, 4) is 0 Å². The molecule has 0 saturated carbocycles. The first-order valence-corrected chi connectivity index (χ1v) is 6.79. The zero-order valence-corrected chi connectivity index (χ0v) is 11.6. The van der Waals surface area contributed by atoms with Crippen molar-refractivity contribution in [1.29, 1.82) is 0 Å². The van der Waals surface area contributed by atoms with Gasteiger partial charge in [-0.15, -0.1) is 0 Å². The Morgan fingerprint density at radius 2 is 2.00 bits per heavy atom. The van der Waals surface area contributed by atoms with Crippen LogP contribution in [0.2, 0.25) is 0 Å². The SMILES string of the molecule is O=C(O)N(O)[C@H]1C=C[C@@H](OCCOCc2ccccc2)C1. The van der Waals surface area contributed by atoms with Crippen molar-refractivity contribution < 1.29 is 24.6 Å². The number of hydroxylamine groups is 2. The first-order valence-electron chi connectivity index (χ1n) is 6.79. The fourth-order valence-corrected chi connectivity index (χ4v) is 2.12. The molecule has 0 aromatic heterocycles. The first-order chi connectivity index (χ1) is 10.2. The lowest BCUT2D eigenvalue weighted by Crippen LogP contribution is -2.35. The maximum absolute atomic E-state index is 10.6. The highest BCUT2D eigenvalue weighted by molar-refractivity contribution is 5.64. The highest BCUT2D eigenvalue weighted by Crippen LogP contribution is 2.18. The Morgan fingerprint density at radius 3 is 2.71 bits per heavy atom. The molecule has 0 unspecified atom stereocenters. The lowest BCUT2D eigenvalue weighted by atomic mass is 10.2. The predicted molar refractivity (Wildman–Crippen MR) is 75.0 cm³/mol. The first kappa shape index (κ1) is 15.5. The zero-order valence-electron chi connectivity index (χ0n) is 11.6. The van der Waals surface area contributed by atoms with Gasteiger partial charge in [0.15, 0.2) is 0 Å². The molecule has 6 nitrogen and oxygen atoms in total. The molecule has 0 spiro atoms. The highest BCUT2D eigenvalue weighted by Gasteiger charge is 2.27. The van der Waals surface area contributed by atoms with Gasteiger partial charge in [0, 0.05) is 6.42 Å². The van der Waals surface area contributed by atoms with E-state index in [1.54, 1.807) is 12.2 Å². The van der Waals surface area contributed by atoms with Crippen LogP contribution in [0.4, 0.5) is 4.79 Å². The highest BCUT2D eigenvalue weighted by atomic mass is 16.6. The minimum Gasteiger partial charge on any atom is -0.463 e. The van der Waals surface area contributed by atoms with E-state index in [-0.39, 0.29) is 6.10 Å². The molecular weight excluding hydrogens is 274 g/mol. The van der Waals surface area contributed by atoms with Crippen LogP contribution in [-0.4, -0.2) is 46.8 Å². The molecule has 0 saturated heterocycles. The van der Waals surface area contributed by atoms with Gasteiger partial charge < -0.3 is 14.6 Å². The molecular formula is C15H19NO5. The van der Waals surface area contributed by atoms with Crippen molar-refractivity contribution in [2.24, 2.45) is 0 Å². The summed E-state index contributed by atoms with van der Waals surface area (Å²) in [5.41, 5.74) is 1.11. The molecule has 0 fully saturated rings. The Hall–Kier alpha value is -1.89. The average Bonchev–Trinajstić information content (AvgIpc) is 2.96. The van der Waals surface area contributed by atoms with Crippen molar-refractivity contribution in [3.63, 3.8) is 0 Å². The molecule has 0 aliphatic heterocycles. The molecule has 2 N–H and O–H groups in total. The summed E-state index contributed by atoms with van der Waals surface area (Å²) in [5, 5.41) is 18.2. The Morgan fingerprint density at radius 1 is 1.24 bits per heavy atom. The van der Waals surface area contributed by atoms with Crippen LogP contribution < -0.4 is 0 Å². The zero-order chi connectivity index (χ0) is 15.1. The van der Waals surface area contributed by atoms with E-state index in [0.29, 0.717) is 31.3 Å². The smallest absolute Gasteiger partial charge is 0.431 e. The van der Waals surface area contributed by atoms with E-state index in [1.165, 1.54) is 0 Å². The average molecular weight is 293 g/mol. The summed E-state index contributed by atoms with van der Waals surface area (Å²) in [6, 6.07) is 9.32. The van der Waals surface area contributed by atoms with Crippen molar-refractivity contribution in [3.05, 3.63) is 48.0 Å². The van der Waals surface area contributed by atoms with Gasteiger partial charge in [-0.05, 0) is 5.56 Å². The third-order valence-electron chi connectivity index (χ3n) is 3.20. The van der Waals surface area contributed by atoms with Crippen LogP contribution in [0.25, 0.3) is 0 Å². The van der Waals surface area contributed by atoms with Crippen LogP contribution in [-0.2, 0) is 16.1 Å². The third-order valence-corrected chi connectivity index (χ3v) is 3.20. The second-order valence-corrected chi connectivity index (χ2v) is 4.76. The lowest BCUT2D eigenvalue weighted by molar-refractivity contribution is -0.0902. The number of benzene rings is 1. The molecule has 0 heterocycles. The van der Waals surface area contributed by atoms with E-state index < -0.39 is 12.1 Å². The van der Waals surface area contributed by atoms with Gasteiger partial charge in [0.2, 0.25) is 0 Å². The van der Waals surface area contributed by atoms with Crippen LogP contribution in [0, 0.1) is 0 Å². The molecule has 0 radical (unpaired) electrons. The van der Waals surface area contributed by atoms with Gasteiger partial charge in [-0.2, -0.15) is 5.06 Å². The van der Waals surface area contributed by atoms with Crippen molar-refractivity contribution >= 4 is 6.09 Å². The molecule has 0 bridgehead atoms.